The minimum atomic E-state index is -2.18. The molecule has 17 heteroatoms. The van der Waals surface area contributed by atoms with Gasteiger partial charge in [-0.15, -0.1) is 0 Å². The van der Waals surface area contributed by atoms with Gasteiger partial charge in [0.1, 0.15) is 0 Å². The predicted molar refractivity (Wildman–Crippen MR) is 141 cm³/mol. The number of esters is 1. The molecule has 0 aromatic heterocycles. The van der Waals surface area contributed by atoms with E-state index in [0.29, 0.717) is 0 Å². The van der Waals surface area contributed by atoms with Crippen molar-refractivity contribution in [3.63, 3.8) is 0 Å². The van der Waals surface area contributed by atoms with Gasteiger partial charge in [-0.25, -0.2) is 14.4 Å². The maximum absolute atomic E-state index is 13.0. The number of carbonyl (C=O) groups is 5. The second-order valence-corrected chi connectivity index (χ2v) is 10.6. The fraction of sp³-hybridized carbons (Fsp3) is 0.792. The fourth-order valence-corrected chi connectivity index (χ4v) is 4.31. The van der Waals surface area contributed by atoms with Gasteiger partial charge in [0.15, 0.2) is 8.38 Å². The predicted octanol–water partition coefficient (Wildman–Crippen LogP) is 4.62. The standard InChI is InChI=1S/C24H40BO15P/c1-13(2)31-22(28)35-16(7)34-21(27)19(10-11-20(26)38-25)12-41(39-17(8)36-23(29)32-14(3)4)40-18(9)37-24(30)33-15(5)6/h13-19H,10-12H2,1-9H3. The first kappa shape index (κ1) is 38.2. The Balaban J connectivity index is 5.73. The second-order valence-electron chi connectivity index (χ2n) is 9.19. The van der Waals surface area contributed by atoms with E-state index in [-0.39, 0.29) is 19.0 Å². The molecule has 4 unspecified atom stereocenters. The first-order valence-electron chi connectivity index (χ1n) is 12.8. The van der Waals surface area contributed by atoms with Crippen molar-refractivity contribution in [1.82, 2.24) is 0 Å². The molecule has 41 heavy (non-hydrogen) atoms. The molecule has 0 aliphatic heterocycles. The van der Waals surface area contributed by atoms with Crippen LogP contribution in [0.4, 0.5) is 14.4 Å². The molecule has 0 bridgehead atoms. The van der Waals surface area contributed by atoms with Crippen LogP contribution < -0.4 is 0 Å². The highest BCUT2D eigenvalue weighted by atomic mass is 31.2. The molecule has 4 atom stereocenters. The normalized spacial score (nSPS) is 14.7. The molecule has 0 saturated heterocycles. The molecule has 234 valence electrons. The molecule has 0 aromatic carbocycles. The van der Waals surface area contributed by atoms with Crippen molar-refractivity contribution < 1.29 is 70.8 Å². The van der Waals surface area contributed by atoms with Crippen LogP contribution in [0.25, 0.3) is 0 Å². The molecule has 0 heterocycles. The summed E-state index contributed by atoms with van der Waals surface area (Å²) < 4.78 is 50.4. The van der Waals surface area contributed by atoms with E-state index in [1.165, 1.54) is 20.8 Å². The summed E-state index contributed by atoms with van der Waals surface area (Å²) in [6.07, 6.45) is -9.03. The van der Waals surface area contributed by atoms with Crippen molar-refractivity contribution in [3.05, 3.63) is 0 Å². The van der Waals surface area contributed by atoms with E-state index in [1.807, 2.05) is 0 Å². The van der Waals surface area contributed by atoms with Crippen LogP contribution in [0, 0.1) is 5.92 Å². The van der Waals surface area contributed by atoms with Crippen LogP contribution in [-0.4, -0.2) is 81.8 Å². The monoisotopic (exact) mass is 610 g/mol. The van der Waals surface area contributed by atoms with Gasteiger partial charge in [-0.1, -0.05) is 0 Å². The largest absolute Gasteiger partial charge is 0.543 e. The Kier molecular flexibility index (Phi) is 18.7. The maximum atomic E-state index is 13.0. The quantitative estimate of drug-likeness (QED) is 0.0732. The Morgan fingerprint density at radius 1 is 0.585 bits per heavy atom. The van der Waals surface area contributed by atoms with Gasteiger partial charge in [-0.2, -0.15) is 0 Å². The van der Waals surface area contributed by atoms with Gasteiger partial charge in [0.2, 0.25) is 18.9 Å². The lowest BCUT2D eigenvalue weighted by atomic mass is 10.1. The van der Waals surface area contributed by atoms with Crippen molar-refractivity contribution in [2.45, 2.75) is 112 Å². The summed E-state index contributed by atoms with van der Waals surface area (Å²) in [5, 5.41) is 0. The minimum absolute atomic E-state index is 0.154. The zero-order chi connectivity index (χ0) is 31.7. The summed E-state index contributed by atoms with van der Waals surface area (Å²) in [7, 11) is 2.72. The molecular formula is C24H40BO15P. The van der Waals surface area contributed by atoms with E-state index < -0.39 is 81.9 Å². The van der Waals surface area contributed by atoms with Crippen molar-refractivity contribution in [1.29, 1.82) is 0 Å². The van der Waals surface area contributed by atoms with Crippen LogP contribution in [0.2, 0.25) is 0 Å². The van der Waals surface area contributed by atoms with E-state index in [2.05, 4.69) is 4.65 Å². The average molecular weight is 610 g/mol. The Morgan fingerprint density at radius 3 is 1.34 bits per heavy atom. The van der Waals surface area contributed by atoms with Gasteiger partial charge in [-0.3, -0.25) is 18.6 Å². The summed E-state index contributed by atoms with van der Waals surface area (Å²) in [4.78, 5) is 60.2. The second kappa shape index (κ2) is 20.1. The van der Waals surface area contributed by atoms with Gasteiger partial charge in [0.05, 0.1) is 24.2 Å². The van der Waals surface area contributed by atoms with Crippen LogP contribution in [0.3, 0.4) is 0 Å². The third-order valence-corrected chi connectivity index (χ3v) is 5.93. The van der Waals surface area contributed by atoms with Crippen LogP contribution in [-0.2, 0) is 56.4 Å². The summed E-state index contributed by atoms with van der Waals surface area (Å²) in [5.41, 5.74) is 0. The fourth-order valence-electron chi connectivity index (χ4n) is 2.65. The summed E-state index contributed by atoms with van der Waals surface area (Å²) in [6, 6.07) is 0. The molecule has 0 aromatic rings. The van der Waals surface area contributed by atoms with Crippen molar-refractivity contribution in [2.24, 2.45) is 5.92 Å². The van der Waals surface area contributed by atoms with Crippen molar-refractivity contribution >= 4 is 46.8 Å². The van der Waals surface area contributed by atoms with E-state index in [9.17, 15) is 24.0 Å². The van der Waals surface area contributed by atoms with E-state index in [4.69, 9.17) is 50.3 Å². The van der Waals surface area contributed by atoms with Gasteiger partial charge in [-0.05, 0) is 61.8 Å². The van der Waals surface area contributed by atoms with Gasteiger partial charge in [0, 0.05) is 19.5 Å². The van der Waals surface area contributed by atoms with E-state index >= 15 is 0 Å². The van der Waals surface area contributed by atoms with Crippen molar-refractivity contribution in [2.75, 3.05) is 6.16 Å². The van der Waals surface area contributed by atoms with Gasteiger partial charge in [0.25, 0.3) is 5.97 Å². The van der Waals surface area contributed by atoms with Crippen LogP contribution in [0.15, 0.2) is 0 Å². The zero-order valence-electron chi connectivity index (χ0n) is 24.8. The zero-order valence-corrected chi connectivity index (χ0v) is 25.7. The average Bonchev–Trinajstić information content (AvgIpc) is 2.78. The lowest BCUT2D eigenvalue weighted by Gasteiger charge is -2.27. The molecule has 15 nitrogen and oxygen atoms in total. The van der Waals surface area contributed by atoms with E-state index in [1.54, 1.807) is 41.5 Å². The third kappa shape index (κ3) is 19.8. The first-order chi connectivity index (χ1) is 19.0. The number of rotatable bonds is 17. The number of carbonyl (C=O) groups excluding carboxylic acids is 5. The molecule has 2 radical (unpaired) electrons. The smallest absolute Gasteiger partial charge is 0.511 e. The van der Waals surface area contributed by atoms with Gasteiger partial charge >= 0.3 is 32.5 Å². The molecular weight excluding hydrogens is 570 g/mol. The highest BCUT2D eigenvalue weighted by Gasteiger charge is 2.32. The molecule has 0 rings (SSSR count). The molecule has 0 saturated carbocycles. The Bertz CT molecular complexity index is 806. The molecule has 0 aliphatic carbocycles. The van der Waals surface area contributed by atoms with Crippen LogP contribution in [0.1, 0.15) is 75.2 Å². The molecule has 0 amide bonds. The number of ether oxygens (including phenoxy) is 7. The molecule has 0 N–H and O–H groups in total. The minimum Gasteiger partial charge on any atom is -0.543 e. The lowest BCUT2D eigenvalue weighted by molar-refractivity contribution is -0.173. The highest BCUT2D eigenvalue weighted by molar-refractivity contribution is 7.47. The first-order valence-corrected chi connectivity index (χ1v) is 14.2. The Labute approximate surface area is 242 Å². The Morgan fingerprint density at radius 2 is 0.976 bits per heavy atom. The Hall–Kier alpha value is -2.84. The van der Waals surface area contributed by atoms with Gasteiger partial charge < -0.3 is 37.8 Å². The maximum Gasteiger partial charge on any atom is 0.511 e. The van der Waals surface area contributed by atoms with Crippen LogP contribution in [0.5, 0.6) is 0 Å². The molecule has 0 aliphatic rings. The van der Waals surface area contributed by atoms with E-state index in [0.717, 1.165) is 0 Å². The molecule has 0 fully saturated rings. The number of hydrogen-bond acceptors (Lipinski definition) is 15. The third-order valence-electron chi connectivity index (χ3n) is 4.13. The van der Waals surface area contributed by atoms with Crippen LogP contribution >= 0.6 is 8.38 Å². The SMILES string of the molecule is [B]OC(=O)CCC(CP(OC(C)OC(=O)OC(C)C)OC(C)OC(=O)OC(C)C)C(=O)OC(C)OC(=O)OC(C)C. The summed E-state index contributed by atoms with van der Waals surface area (Å²) in [5.74, 6) is -2.84. The molecule has 0 spiro atoms. The summed E-state index contributed by atoms with van der Waals surface area (Å²) in [6.45, 7) is 13.7. The lowest BCUT2D eigenvalue weighted by Crippen LogP contribution is -2.30. The summed E-state index contributed by atoms with van der Waals surface area (Å²) >= 11 is 0. The topological polar surface area (TPSA) is 178 Å². The highest BCUT2D eigenvalue weighted by Crippen LogP contribution is 2.44. The number of hydrogen-bond donors (Lipinski definition) is 0. The van der Waals surface area contributed by atoms with Crippen molar-refractivity contribution in [3.8, 4) is 0 Å².